The topological polar surface area (TPSA) is 64.3 Å². The number of unbranched alkanes of at least 4 members (excludes halogenated alkanes) is 1. The Kier molecular flexibility index (Phi) is 8.20. The second-order valence-electron chi connectivity index (χ2n) is 5.92. The zero-order chi connectivity index (χ0) is 14.2. The van der Waals surface area contributed by atoms with Gasteiger partial charge in [0.2, 0.25) is 5.91 Å². The molecule has 0 spiro atoms. The standard InChI is InChI=1S/C14H30N2O2/c1-11(2)10-18-9-7-6-8-14(5,13(15)17)16-12(3)4/h11-12,16H,6-10H2,1-5H3,(H2,15,17). The fraction of sp³-hybridized carbons (Fsp3) is 0.929. The Labute approximate surface area is 112 Å². The highest BCUT2D eigenvalue weighted by atomic mass is 16.5. The molecule has 0 saturated carbocycles. The van der Waals surface area contributed by atoms with Gasteiger partial charge in [-0.25, -0.2) is 0 Å². The molecule has 1 unspecified atom stereocenters. The molecule has 0 radical (unpaired) electrons. The lowest BCUT2D eigenvalue weighted by Crippen LogP contribution is -2.55. The van der Waals surface area contributed by atoms with Crippen molar-refractivity contribution in [2.24, 2.45) is 11.7 Å². The van der Waals surface area contributed by atoms with Crippen molar-refractivity contribution in [1.82, 2.24) is 5.32 Å². The molecule has 4 heteroatoms. The lowest BCUT2D eigenvalue weighted by Gasteiger charge is -2.29. The first-order valence-corrected chi connectivity index (χ1v) is 6.93. The average Bonchev–Trinajstić information content (AvgIpc) is 2.21. The van der Waals surface area contributed by atoms with E-state index in [-0.39, 0.29) is 11.9 Å². The van der Waals surface area contributed by atoms with Crippen molar-refractivity contribution in [3.63, 3.8) is 0 Å². The summed E-state index contributed by atoms with van der Waals surface area (Å²) >= 11 is 0. The molecule has 1 amide bonds. The summed E-state index contributed by atoms with van der Waals surface area (Å²) in [7, 11) is 0. The SMILES string of the molecule is CC(C)COCCCCC(C)(NC(C)C)C(N)=O. The van der Waals surface area contributed by atoms with E-state index >= 15 is 0 Å². The molecule has 3 N–H and O–H groups in total. The second kappa shape index (κ2) is 8.48. The molecule has 0 aliphatic heterocycles. The molecular weight excluding hydrogens is 228 g/mol. The molecule has 0 aromatic heterocycles. The Morgan fingerprint density at radius 3 is 2.33 bits per heavy atom. The number of carbonyl (C=O) groups is 1. The minimum atomic E-state index is -0.605. The van der Waals surface area contributed by atoms with E-state index in [2.05, 4.69) is 19.2 Å². The van der Waals surface area contributed by atoms with Crippen LogP contribution in [-0.2, 0) is 9.53 Å². The van der Waals surface area contributed by atoms with Gasteiger partial charge in [-0.05, 0) is 46.0 Å². The minimum Gasteiger partial charge on any atom is -0.381 e. The maximum atomic E-state index is 11.5. The third-order valence-electron chi connectivity index (χ3n) is 2.82. The van der Waals surface area contributed by atoms with Crippen molar-refractivity contribution in [1.29, 1.82) is 0 Å². The molecule has 0 aromatic carbocycles. The van der Waals surface area contributed by atoms with Gasteiger partial charge in [0.25, 0.3) is 0 Å². The summed E-state index contributed by atoms with van der Waals surface area (Å²) < 4.78 is 5.51. The number of ether oxygens (including phenoxy) is 1. The number of hydrogen-bond donors (Lipinski definition) is 2. The predicted molar refractivity (Wildman–Crippen MR) is 75.4 cm³/mol. The van der Waals surface area contributed by atoms with Crippen LogP contribution in [0, 0.1) is 5.92 Å². The Hall–Kier alpha value is -0.610. The van der Waals surface area contributed by atoms with E-state index in [1.807, 2.05) is 20.8 Å². The maximum absolute atomic E-state index is 11.5. The van der Waals surface area contributed by atoms with Gasteiger partial charge >= 0.3 is 0 Å². The van der Waals surface area contributed by atoms with Gasteiger partial charge in [0, 0.05) is 19.3 Å². The van der Waals surface area contributed by atoms with Crippen molar-refractivity contribution >= 4 is 5.91 Å². The van der Waals surface area contributed by atoms with Crippen molar-refractivity contribution < 1.29 is 9.53 Å². The van der Waals surface area contributed by atoms with Gasteiger partial charge in [-0.15, -0.1) is 0 Å². The molecule has 0 rings (SSSR count). The van der Waals surface area contributed by atoms with E-state index in [1.165, 1.54) is 0 Å². The summed E-state index contributed by atoms with van der Waals surface area (Å²) in [4.78, 5) is 11.5. The normalized spacial score (nSPS) is 15.1. The number of carbonyl (C=O) groups excluding carboxylic acids is 1. The number of hydrogen-bond acceptors (Lipinski definition) is 3. The summed E-state index contributed by atoms with van der Waals surface area (Å²) in [6, 6.07) is 0.250. The fourth-order valence-electron chi connectivity index (χ4n) is 1.91. The first-order chi connectivity index (χ1) is 8.28. The van der Waals surface area contributed by atoms with Crippen LogP contribution in [0.25, 0.3) is 0 Å². The number of nitrogens with two attached hydrogens (primary N) is 1. The van der Waals surface area contributed by atoms with Crippen molar-refractivity contribution in [3.8, 4) is 0 Å². The first-order valence-electron chi connectivity index (χ1n) is 6.93. The maximum Gasteiger partial charge on any atom is 0.237 e. The van der Waals surface area contributed by atoms with Crippen LogP contribution < -0.4 is 11.1 Å². The molecule has 4 nitrogen and oxygen atoms in total. The zero-order valence-corrected chi connectivity index (χ0v) is 12.6. The van der Waals surface area contributed by atoms with Crippen molar-refractivity contribution in [2.75, 3.05) is 13.2 Å². The molecular formula is C14H30N2O2. The lowest BCUT2D eigenvalue weighted by molar-refractivity contribution is -0.124. The summed E-state index contributed by atoms with van der Waals surface area (Å²) in [6.45, 7) is 11.8. The van der Waals surface area contributed by atoms with Crippen LogP contribution in [0.2, 0.25) is 0 Å². The van der Waals surface area contributed by atoms with Crippen LogP contribution in [0.5, 0.6) is 0 Å². The van der Waals surface area contributed by atoms with Gasteiger partial charge in [-0.2, -0.15) is 0 Å². The number of rotatable bonds is 10. The minimum absolute atomic E-state index is 0.250. The van der Waals surface area contributed by atoms with E-state index in [9.17, 15) is 4.79 Å². The van der Waals surface area contributed by atoms with Crippen LogP contribution >= 0.6 is 0 Å². The zero-order valence-electron chi connectivity index (χ0n) is 12.6. The molecule has 0 saturated heterocycles. The van der Waals surface area contributed by atoms with Crippen LogP contribution in [0.3, 0.4) is 0 Å². The van der Waals surface area contributed by atoms with Gasteiger partial charge in [-0.3, -0.25) is 4.79 Å². The molecule has 0 heterocycles. The van der Waals surface area contributed by atoms with Crippen LogP contribution in [0.1, 0.15) is 53.9 Å². The highest BCUT2D eigenvalue weighted by molar-refractivity contribution is 5.84. The van der Waals surface area contributed by atoms with Gasteiger partial charge in [-0.1, -0.05) is 13.8 Å². The Bertz CT molecular complexity index is 242. The number of amides is 1. The number of nitrogens with one attached hydrogen (secondary N) is 1. The quantitative estimate of drug-likeness (QED) is 0.590. The average molecular weight is 258 g/mol. The van der Waals surface area contributed by atoms with E-state index in [0.717, 1.165) is 32.5 Å². The third-order valence-corrected chi connectivity index (χ3v) is 2.82. The van der Waals surface area contributed by atoms with Crippen molar-refractivity contribution in [2.45, 2.75) is 65.5 Å². The molecule has 0 bridgehead atoms. The second-order valence-corrected chi connectivity index (χ2v) is 5.92. The monoisotopic (exact) mass is 258 g/mol. The molecule has 108 valence electrons. The number of primary amides is 1. The Morgan fingerprint density at radius 2 is 1.89 bits per heavy atom. The highest BCUT2D eigenvalue weighted by Gasteiger charge is 2.30. The first kappa shape index (κ1) is 17.4. The molecule has 18 heavy (non-hydrogen) atoms. The molecule has 1 atom stereocenters. The van der Waals surface area contributed by atoms with Gasteiger partial charge in [0.15, 0.2) is 0 Å². The van der Waals surface area contributed by atoms with Crippen LogP contribution in [0.4, 0.5) is 0 Å². The fourth-order valence-corrected chi connectivity index (χ4v) is 1.91. The van der Waals surface area contributed by atoms with Crippen molar-refractivity contribution in [3.05, 3.63) is 0 Å². The third kappa shape index (κ3) is 7.67. The van der Waals surface area contributed by atoms with Gasteiger partial charge in [0.05, 0.1) is 5.54 Å². The molecule has 0 aliphatic rings. The van der Waals surface area contributed by atoms with E-state index in [4.69, 9.17) is 10.5 Å². The molecule has 0 fully saturated rings. The highest BCUT2D eigenvalue weighted by Crippen LogP contribution is 2.14. The Morgan fingerprint density at radius 1 is 1.28 bits per heavy atom. The van der Waals surface area contributed by atoms with Crippen LogP contribution in [-0.4, -0.2) is 30.7 Å². The molecule has 0 aliphatic carbocycles. The summed E-state index contributed by atoms with van der Waals surface area (Å²) in [6.07, 6.45) is 2.66. The largest absolute Gasteiger partial charge is 0.381 e. The smallest absolute Gasteiger partial charge is 0.237 e. The molecule has 0 aromatic rings. The van der Waals surface area contributed by atoms with E-state index < -0.39 is 5.54 Å². The van der Waals surface area contributed by atoms with Crippen LogP contribution in [0.15, 0.2) is 0 Å². The summed E-state index contributed by atoms with van der Waals surface area (Å²) in [5.41, 5.74) is 4.86. The van der Waals surface area contributed by atoms with Gasteiger partial charge in [0.1, 0.15) is 0 Å². The van der Waals surface area contributed by atoms with E-state index in [1.54, 1.807) is 0 Å². The predicted octanol–water partition coefficient (Wildman–Crippen LogP) is 2.07. The summed E-state index contributed by atoms with van der Waals surface area (Å²) in [5.74, 6) is 0.294. The van der Waals surface area contributed by atoms with Gasteiger partial charge < -0.3 is 15.8 Å². The lowest BCUT2D eigenvalue weighted by atomic mass is 9.93. The Balaban J connectivity index is 3.88. The van der Waals surface area contributed by atoms with E-state index in [0.29, 0.717) is 5.92 Å². The summed E-state index contributed by atoms with van der Waals surface area (Å²) in [5, 5.41) is 3.25.